The van der Waals surface area contributed by atoms with E-state index in [0.29, 0.717) is 5.92 Å². The summed E-state index contributed by atoms with van der Waals surface area (Å²) in [4.78, 5) is 0. The Hall–Kier alpha value is -0.790. The number of hydrogen-bond acceptors (Lipinski definition) is 1. The van der Waals surface area contributed by atoms with Crippen molar-refractivity contribution < 1.29 is 4.74 Å². The molecule has 1 heterocycles. The van der Waals surface area contributed by atoms with Crippen LogP contribution in [0.1, 0.15) is 38.2 Å². The summed E-state index contributed by atoms with van der Waals surface area (Å²) in [6.45, 7) is 7.92. The maximum Gasteiger partial charge on any atom is 0.0505 e. The van der Waals surface area contributed by atoms with Gasteiger partial charge in [0, 0.05) is 17.0 Å². The second-order valence-corrected chi connectivity index (χ2v) is 6.05. The van der Waals surface area contributed by atoms with Gasteiger partial charge in [0.2, 0.25) is 0 Å². The Morgan fingerprint density at radius 2 is 2.15 bits per heavy atom. The minimum absolute atomic E-state index is 0.0293. The first-order chi connectivity index (χ1) is 9.73. The van der Waals surface area contributed by atoms with Gasteiger partial charge in [0.1, 0.15) is 0 Å². The fourth-order valence-corrected chi connectivity index (χ4v) is 3.56. The zero-order valence-corrected chi connectivity index (χ0v) is 13.0. The molecular weight excluding hydrogens is 268 g/mol. The highest BCUT2D eigenvalue weighted by Gasteiger charge is 2.38. The second kappa shape index (κ2) is 7.28. The Bertz CT molecular complexity index is 431. The predicted octanol–water partition coefficient (Wildman–Crippen LogP) is 5.19. The Morgan fingerprint density at radius 1 is 1.40 bits per heavy atom. The Labute approximate surface area is 128 Å². The Morgan fingerprint density at radius 3 is 2.70 bits per heavy atom. The summed E-state index contributed by atoms with van der Waals surface area (Å²) in [6, 6.07) is 8.29. The van der Waals surface area contributed by atoms with Crippen molar-refractivity contribution in [1.82, 2.24) is 0 Å². The third-order valence-corrected chi connectivity index (χ3v) is 4.60. The van der Waals surface area contributed by atoms with Crippen molar-refractivity contribution in [3.05, 3.63) is 53.9 Å². The van der Waals surface area contributed by atoms with Crippen LogP contribution < -0.4 is 0 Å². The highest BCUT2D eigenvalue weighted by Crippen LogP contribution is 2.42. The van der Waals surface area contributed by atoms with Crippen LogP contribution in [0.15, 0.2) is 36.4 Å². The number of allylic oxidation sites excluding steroid dienone is 2. The number of ether oxygens (including phenoxy) is 1. The normalized spacial score (nSPS) is 22.9. The van der Waals surface area contributed by atoms with Crippen molar-refractivity contribution in [2.24, 2.45) is 5.92 Å². The van der Waals surface area contributed by atoms with E-state index < -0.39 is 0 Å². The van der Waals surface area contributed by atoms with Crippen LogP contribution in [0.4, 0.5) is 0 Å². The van der Waals surface area contributed by atoms with Crippen LogP contribution >= 0.6 is 11.6 Å². The van der Waals surface area contributed by atoms with E-state index in [9.17, 15) is 0 Å². The van der Waals surface area contributed by atoms with Gasteiger partial charge in [-0.3, -0.25) is 0 Å². The number of benzene rings is 1. The molecule has 2 heteroatoms. The summed E-state index contributed by atoms with van der Waals surface area (Å²) in [5, 5.41) is 0.789. The molecule has 2 rings (SSSR count). The maximum atomic E-state index is 6.05. The number of hydrogen-bond donors (Lipinski definition) is 0. The lowest BCUT2D eigenvalue weighted by Gasteiger charge is -2.41. The van der Waals surface area contributed by atoms with Gasteiger partial charge in [-0.15, -0.1) is 0 Å². The van der Waals surface area contributed by atoms with E-state index in [1.165, 1.54) is 12.0 Å². The van der Waals surface area contributed by atoms with Gasteiger partial charge in [0.05, 0.1) is 6.61 Å². The lowest BCUT2D eigenvalue weighted by Crippen LogP contribution is -2.38. The molecule has 0 N–H and O–H groups in total. The average molecular weight is 292 g/mol. The molecule has 1 aliphatic heterocycles. The topological polar surface area (TPSA) is 9.23 Å². The molecule has 1 fully saturated rings. The molecule has 20 heavy (non-hydrogen) atoms. The van der Waals surface area contributed by atoms with Gasteiger partial charge in [-0.1, -0.05) is 49.2 Å². The Balaban J connectivity index is 2.42. The van der Waals surface area contributed by atoms with Gasteiger partial charge in [-0.05, 0) is 49.8 Å². The van der Waals surface area contributed by atoms with E-state index in [1.54, 1.807) is 0 Å². The molecule has 1 aliphatic rings. The van der Waals surface area contributed by atoms with E-state index in [1.807, 2.05) is 18.2 Å². The van der Waals surface area contributed by atoms with Gasteiger partial charge in [0.15, 0.2) is 0 Å². The van der Waals surface area contributed by atoms with Gasteiger partial charge in [0.25, 0.3) is 0 Å². The molecule has 0 saturated carbocycles. The summed E-state index contributed by atoms with van der Waals surface area (Å²) in [5.41, 5.74) is 1.36. The molecule has 1 radical (unpaired) electrons. The molecule has 2 atom stereocenters. The van der Waals surface area contributed by atoms with Crippen LogP contribution in [0.3, 0.4) is 0 Å². The standard InChI is InChI=1S/C18H24ClO/c1-3-11-18(12-4-2,16-6-5-13-20-14-16)15-7-9-17(19)10-8-15/h3,7-11,16H,1,4-6,12-14H2,2H3. The van der Waals surface area contributed by atoms with Crippen molar-refractivity contribution in [3.63, 3.8) is 0 Å². The number of halogens is 1. The van der Waals surface area contributed by atoms with Crippen LogP contribution in [0.25, 0.3) is 0 Å². The van der Waals surface area contributed by atoms with E-state index in [-0.39, 0.29) is 5.41 Å². The van der Waals surface area contributed by atoms with Gasteiger partial charge in [-0.25, -0.2) is 0 Å². The van der Waals surface area contributed by atoms with Crippen molar-refractivity contribution in [3.8, 4) is 0 Å². The van der Waals surface area contributed by atoms with Crippen LogP contribution in [0.5, 0.6) is 0 Å². The molecule has 1 nitrogen and oxygen atoms in total. The highest BCUT2D eigenvalue weighted by molar-refractivity contribution is 6.30. The molecule has 0 bridgehead atoms. The van der Waals surface area contributed by atoms with Crippen LogP contribution in [-0.4, -0.2) is 13.2 Å². The molecule has 109 valence electrons. The Kier molecular flexibility index (Phi) is 5.68. The molecule has 0 amide bonds. The molecule has 2 unspecified atom stereocenters. The fraction of sp³-hybridized carbons (Fsp3) is 0.500. The second-order valence-electron chi connectivity index (χ2n) is 5.61. The molecule has 1 saturated heterocycles. The van der Waals surface area contributed by atoms with E-state index >= 15 is 0 Å². The molecule has 0 spiro atoms. The predicted molar refractivity (Wildman–Crippen MR) is 86.1 cm³/mol. The van der Waals surface area contributed by atoms with Crippen molar-refractivity contribution in [2.45, 2.75) is 38.0 Å². The monoisotopic (exact) mass is 291 g/mol. The first-order valence-corrected chi connectivity index (χ1v) is 7.91. The van der Waals surface area contributed by atoms with Gasteiger partial charge >= 0.3 is 0 Å². The molecular formula is C18H24ClO. The summed E-state index contributed by atoms with van der Waals surface area (Å²) in [5.74, 6) is 0.523. The SMILES string of the molecule is [CH2]C=CC(CCC)(c1ccc(Cl)cc1)C1CCCOC1. The fourth-order valence-electron chi connectivity index (χ4n) is 3.43. The average Bonchev–Trinajstić information content (AvgIpc) is 2.48. The van der Waals surface area contributed by atoms with Crippen LogP contribution in [0.2, 0.25) is 5.02 Å². The summed E-state index contributed by atoms with van der Waals surface area (Å²) < 4.78 is 5.75. The summed E-state index contributed by atoms with van der Waals surface area (Å²) >= 11 is 6.05. The smallest absolute Gasteiger partial charge is 0.0505 e. The highest BCUT2D eigenvalue weighted by atomic mass is 35.5. The minimum atomic E-state index is 0.0293. The zero-order valence-electron chi connectivity index (χ0n) is 12.3. The van der Waals surface area contributed by atoms with E-state index in [4.69, 9.17) is 16.3 Å². The lowest BCUT2D eigenvalue weighted by atomic mass is 9.65. The maximum absolute atomic E-state index is 6.05. The molecule has 1 aromatic rings. The van der Waals surface area contributed by atoms with Gasteiger partial charge in [-0.2, -0.15) is 0 Å². The molecule has 1 aromatic carbocycles. The van der Waals surface area contributed by atoms with Crippen LogP contribution in [0, 0.1) is 12.8 Å². The van der Waals surface area contributed by atoms with Crippen molar-refractivity contribution in [2.75, 3.05) is 13.2 Å². The van der Waals surface area contributed by atoms with E-state index in [2.05, 4.69) is 32.1 Å². The molecule has 0 aromatic heterocycles. The van der Waals surface area contributed by atoms with Gasteiger partial charge < -0.3 is 4.74 Å². The third kappa shape index (κ3) is 3.27. The first kappa shape index (κ1) is 15.6. The minimum Gasteiger partial charge on any atom is -0.381 e. The summed E-state index contributed by atoms with van der Waals surface area (Å²) in [6.07, 6.45) is 8.85. The van der Waals surface area contributed by atoms with Crippen molar-refractivity contribution >= 4 is 11.6 Å². The van der Waals surface area contributed by atoms with Crippen molar-refractivity contribution in [1.29, 1.82) is 0 Å². The summed E-state index contributed by atoms with van der Waals surface area (Å²) in [7, 11) is 0. The lowest BCUT2D eigenvalue weighted by molar-refractivity contribution is 0.0275. The largest absolute Gasteiger partial charge is 0.381 e. The quantitative estimate of drug-likeness (QED) is 0.725. The van der Waals surface area contributed by atoms with E-state index in [0.717, 1.165) is 37.5 Å². The molecule has 0 aliphatic carbocycles. The van der Waals surface area contributed by atoms with Crippen LogP contribution in [-0.2, 0) is 10.2 Å². The number of rotatable bonds is 5. The first-order valence-electron chi connectivity index (χ1n) is 7.53. The third-order valence-electron chi connectivity index (χ3n) is 4.35. The zero-order chi connectivity index (χ0) is 14.4.